The lowest BCUT2D eigenvalue weighted by Gasteiger charge is -2.17. The Morgan fingerprint density at radius 3 is 2.39 bits per heavy atom. The zero-order valence-corrected chi connectivity index (χ0v) is 16.7. The van der Waals surface area contributed by atoms with Crippen LogP contribution in [-0.4, -0.2) is 35.0 Å². The maximum atomic E-state index is 13.0. The molecule has 0 radical (unpaired) electrons. The van der Waals surface area contributed by atoms with E-state index in [1.165, 1.54) is 22.0 Å². The summed E-state index contributed by atoms with van der Waals surface area (Å²) >= 11 is 0. The lowest BCUT2D eigenvalue weighted by molar-refractivity contribution is 0.460. The molecule has 0 saturated heterocycles. The van der Waals surface area contributed by atoms with Crippen LogP contribution >= 0.6 is 0 Å². The highest BCUT2D eigenvalue weighted by Gasteiger charge is 2.24. The number of fused-ring (bicyclic) bond motifs is 1. The van der Waals surface area contributed by atoms with Crippen LogP contribution in [0.2, 0.25) is 0 Å². The number of nitrogens with one attached hydrogen (secondary N) is 1. The second-order valence-corrected chi connectivity index (χ2v) is 9.25. The minimum atomic E-state index is -3.58. The van der Waals surface area contributed by atoms with Crippen molar-refractivity contribution in [2.24, 2.45) is 0 Å². The first-order valence-electron chi connectivity index (χ1n) is 9.57. The van der Waals surface area contributed by atoms with Crippen LogP contribution in [-0.2, 0) is 29.4 Å². The Bertz CT molecular complexity index is 1040. The largest absolute Gasteiger partial charge is 0.282 e. The SMILES string of the molecule is CN(Cc1n[nH]c2c1CCCCC2)S(=O)(=O)c1ccc(-c2ccncc2)cc1. The van der Waals surface area contributed by atoms with E-state index < -0.39 is 10.0 Å². The van der Waals surface area contributed by atoms with E-state index in [1.54, 1.807) is 31.6 Å². The normalized spacial score (nSPS) is 14.6. The number of rotatable bonds is 5. The Kier molecular flexibility index (Phi) is 5.28. The van der Waals surface area contributed by atoms with Gasteiger partial charge in [-0.25, -0.2) is 8.42 Å². The molecule has 1 aliphatic carbocycles. The molecule has 0 aliphatic heterocycles. The highest BCUT2D eigenvalue weighted by molar-refractivity contribution is 7.89. The topological polar surface area (TPSA) is 79.0 Å². The molecule has 0 atom stereocenters. The van der Waals surface area contributed by atoms with Gasteiger partial charge in [-0.2, -0.15) is 9.40 Å². The van der Waals surface area contributed by atoms with Crippen LogP contribution in [0.5, 0.6) is 0 Å². The van der Waals surface area contributed by atoms with E-state index in [-0.39, 0.29) is 11.4 Å². The third kappa shape index (κ3) is 3.72. The van der Waals surface area contributed by atoms with Gasteiger partial charge in [0.05, 0.1) is 17.1 Å². The molecule has 146 valence electrons. The van der Waals surface area contributed by atoms with E-state index in [1.807, 2.05) is 24.3 Å². The summed E-state index contributed by atoms with van der Waals surface area (Å²) in [4.78, 5) is 4.30. The van der Waals surface area contributed by atoms with Crippen molar-refractivity contribution >= 4 is 10.0 Å². The number of sulfonamides is 1. The average Bonchev–Trinajstić information content (AvgIpc) is 2.95. The molecule has 4 rings (SSSR count). The van der Waals surface area contributed by atoms with Crippen LogP contribution in [0.25, 0.3) is 11.1 Å². The molecular formula is C21H24N4O2S. The fourth-order valence-corrected chi connectivity index (χ4v) is 4.83. The van der Waals surface area contributed by atoms with Crippen molar-refractivity contribution < 1.29 is 8.42 Å². The second kappa shape index (κ2) is 7.85. The average molecular weight is 397 g/mol. The first-order chi connectivity index (χ1) is 13.6. The number of hydrogen-bond acceptors (Lipinski definition) is 4. The highest BCUT2D eigenvalue weighted by atomic mass is 32.2. The third-order valence-electron chi connectivity index (χ3n) is 5.34. The standard InChI is InChI=1S/C21H24N4O2S/c1-25(15-21-19-5-3-2-4-6-20(19)23-24-21)28(26,27)18-9-7-16(8-10-18)17-11-13-22-14-12-17/h7-14H,2-6,15H2,1H3,(H,23,24). The molecule has 1 aliphatic rings. The number of aromatic amines is 1. The van der Waals surface area contributed by atoms with Gasteiger partial charge in [0.15, 0.2) is 0 Å². The molecule has 0 saturated carbocycles. The van der Waals surface area contributed by atoms with Crippen LogP contribution in [0.3, 0.4) is 0 Å². The van der Waals surface area contributed by atoms with Crippen molar-refractivity contribution in [3.63, 3.8) is 0 Å². The molecule has 0 unspecified atom stereocenters. The van der Waals surface area contributed by atoms with Crippen LogP contribution in [0, 0.1) is 0 Å². The number of benzene rings is 1. The monoisotopic (exact) mass is 396 g/mol. The predicted octanol–water partition coefficient (Wildman–Crippen LogP) is 3.56. The molecule has 0 fully saturated rings. The van der Waals surface area contributed by atoms with Crippen LogP contribution < -0.4 is 0 Å². The van der Waals surface area contributed by atoms with E-state index in [2.05, 4.69) is 15.2 Å². The quantitative estimate of drug-likeness (QED) is 0.669. The van der Waals surface area contributed by atoms with Crippen LogP contribution in [0.15, 0.2) is 53.7 Å². The number of nitrogens with zero attached hydrogens (tertiary/aromatic N) is 3. The Morgan fingerprint density at radius 2 is 1.64 bits per heavy atom. The lowest BCUT2D eigenvalue weighted by atomic mass is 10.1. The second-order valence-electron chi connectivity index (χ2n) is 7.21. The number of hydrogen-bond donors (Lipinski definition) is 1. The Morgan fingerprint density at radius 1 is 0.964 bits per heavy atom. The van der Waals surface area contributed by atoms with Gasteiger partial charge in [0.25, 0.3) is 0 Å². The fourth-order valence-electron chi connectivity index (χ4n) is 3.70. The van der Waals surface area contributed by atoms with Gasteiger partial charge >= 0.3 is 0 Å². The Balaban J connectivity index is 1.54. The van der Waals surface area contributed by atoms with E-state index in [9.17, 15) is 8.42 Å². The summed E-state index contributed by atoms with van der Waals surface area (Å²) in [5.41, 5.74) is 5.18. The minimum Gasteiger partial charge on any atom is -0.282 e. The molecule has 28 heavy (non-hydrogen) atoms. The van der Waals surface area contributed by atoms with Gasteiger partial charge in [0.1, 0.15) is 0 Å². The molecule has 0 bridgehead atoms. The van der Waals surface area contributed by atoms with E-state index in [4.69, 9.17) is 0 Å². The number of pyridine rings is 1. The molecule has 1 aromatic carbocycles. The van der Waals surface area contributed by atoms with Crippen molar-refractivity contribution in [3.05, 3.63) is 65.7 Å². The maximum absolute atomic E-state index is 13.0. The summed E-state index contributed by atoms with van der Waals surface area (Å²) in [5, 5.41) is 7.52. The zero-order valence-electron chi connectivity index (χ0n) is 15.9. The summed E-state index contributed by atoms with van der Waals surface area (Å²) in [5.74, 6) is 0. The van der Waals surface area contributed by atoms with Crippen LogP contribution in [0.1, 0.15) is 36.2 Å². The van der Waals surface area contributed by atoms with Gasteiger partial charge in [0, 0.05) is 25.1 Å². The van der Waals surface area contributed by atoms with E-state index >= 15 is 0 Å². The number of aromatic nitrogens is 3. The fraction of sp³-hybridized carbons (Fsp3) is 0.333. The third-order valence-corrected chi connectivity index (χ3v) is 7.16. The highest BCUT2D eigenvalue weighted by Crippen LogP contribution is 2.25. The number of H-pyrrole nitrogens is 1. The van der Waals surface area contributed by atoms with Gasteiger partial charge in [-0.05, 0) is 66.6 Å². The van der Waals surface area contributed by atoms with Crippen LogP contribution in [0.4, 0.5) is 0 Å². The molecule has 7 heteroatoms. The van der Waals surface area contributed by atoms with Crippen molar-refractivity contribution in [1.82, 2.24) is 19.5 Å². The lowest BCUT2D eigenvalue weighted by Crippen LogP contribution is -2.27. The first-order valence-corrected chi connectivity index (χ1v) is 11.0. The summed E-state index contributed by atoms with van der Waals surface area (Å²) in [6, 6.07) is 10.8. The van der Waals surface area contributed by atoms with Crippen molar-refractivity contribution in [3.8, 4) is 11.1 Å². The predicted molar refractivity (Wildman–Crippen MR) is 108 cm³/mol. The summed E-state index contributed by atoms with van der Waals surface area (Å²) in [6.45, 7) is 0.278. The van der Waals surface area contributed by atoms with Crippen molar-refractivity contribution in [1.29, 1.82) is 0 Å². The van der Waals surface area contributed by atoms with Gasteiger partial charge in [0.2, 0.25) is 10.0 Å². The van der Waals surface area contributed by atoms with Gasteiger partial charge in [-0.3, -0.25) is 10.1 Å². The molecule has 0 amide bonds. The van der Waals surface area contributed by atoms with Crippen molar-refractivity contribution in [2.75, 3.05) is 7.05 Å². The molecule has 0 spiro atoms. The molecule has 1 N–H and O–H groups in total. The first kappa shape index (κ1) is 18.8. The minimum absolute atomic E-state index is 0.278. The Labute approximate surface area is 165 Å². The van der Waals surface area contributed by atoms with E-state index in [0.717, 1.165) is 42.5 Å². The molecule has 6 nitrogen and oxygen atoms in total. The van der Waals surface area contributed by atoms with Crippen molar-refractivity contribution in [2.45, 2.75) is 43.5 Å². The van der Waals surface area contributed by atoms with Gasteiger partial charge in [-0.1, -0.05) is 18.6 Å². The number of aryl methyl sites for hydroxylation is 1. The molecule has 3 aromatic rings. The Hall–Kier alpha value is -2.51. The van der Waals surface area contributed by atoms with E-state index in [0.29, 0.717) is 0 Å². The van der Waals surface area contributed by atoms with Gasteiger partial charge < -0.3 is 0 Å². The molecule has 2 aromatic heterocycles. The smallest absolute Gasteiger partial charge is 0.243 e. The summed E-state index contributed by atoms with van der Waals surface area (Å²) in [6.07, 6.45) is 8.91. The maximum Gasteiger partial charge on any atom is 0.243 e. The van der Waals surface area contributed by atoms with Gasteiger partial charge in [-0.15, -0.1) is 0 Å². The summed E-state index contributed by atoms with van der Waals surface area (Å²) < 4.78 is 27.4. The zero-order chi connectivity index (χ0) is 19.6. The molecular weight excluding hydrogens is 372 g/mol. The molecule has 2 heterocycles. The summed E-state index contributed by atoms with van der Waals surface area (Å²) in [7, 11) is -1.97.